The zero-order valence-electron chi connectivity index (χ0n) is 7.40. The van der Waals surface area contributed by atoms with Gasteiger partial charge in [0.05, 0.1) is 12.7 Å². The summed E-state index contributed by atoms with van der Waals surface area (Å²) < 4.78 is 5.34. The first-order chi connectivity index (χ1) is 6.22. The third kappa shape index (κ3) is 3.32. The van der Waals surface area contributed by atoms with Crippen molar-refractivity contribution in [1.82, 2.24) is 0 Å². The molecule has 0 aromatic heterocycles. The lowest BCUT2D eigenvalue weighted by Gasteiger charge is -2.22. The third-order valence-electron chi connectivity index (χ3n) is 1.97. The van der Waals surface area contributed by atoms with E-state index < -0.39 is 0 Å². The van der Waals surface area contributed by atoms with Crippen LogP contribution in [0.2, 0.25) is 0 Å². The lowest BCUT2D eigenvalue weighted by Crippen LogP contribution is -2.23. The summed E-state index contributed by atoms with van der Waals surface area (Å²) in [7, 11) is 0. The molecule has 0 saturated carbocycles. The fraction of sp³-hybridized carbons (Fsp3) is 0.556. The predicted molar refractivity (Wildman–Crippen MR) is 47.4 cm³/mol. The molecule has 0 radical (unpaired) electrons. The largest absolute Gasteiger partial charge is 0.373 e. The molecular weight excluding hydrogens is 168 g/mol. The van der Waals surface area contributed by atoms with Crippen LogP contribution in [-0.2, 0) is 9.53 Å². The highest BCUT2D eigenvalue weighted by Crippen LogP contribution is 2.18. The highest BCUT2D eigenvalue weighted by Gasteiger charge is 2.19. The van der Waals surface area contributed by atoms with Crippen LogP contribution in [0, 0.1) is 0 Å². The Kier molecular flexibility index (Phi) is 3.55. The van der Waals surface area contributed by atoms with Crippen molar-refractivity contribution in [2.75, 3.05) is 6.61 Å². The van der Waals surface area contributed by atoms with E-state index >= 15 is 0 Å². The molecule has 0 aliphatic carbocycles. The Hall–Kier alpha value is -1.25. The van der Waals surface area contributed by atoms with E-state index in [1.54, 1.807) is 0 Å². The molecule has 0 bridgehead atoms. The van der Waals surface area contributed by atoms with Gasteiger partial charge in [-0.05, 0) is 12.8 Å². The second kappa shape index (κ2) is 4.70. The van der Waals surface area contributed by atoms with Gasteiger partial charge in [0.25, 0.3) is 0 Å². The first-order valence-electron chi connectivity index (χ1n) is 4.21. The van der Waals surface area contributed by atoms with Gasteiger partial charge >= 0.3 is 6.21 Å². The summed E-state index contributed by atoms with van der Waals surface area (Å²) in [6, 6.07) is 0. The third-order valence-corrected chi connectivity index (χ3v) is 1.97. The van der Waals surface area contributed by atoms with Gasteiger partial charge in [0.1, 0.15) is 0 Å². The molecule has 1 unspecified atom stereocenters. The number of nitrogens with zero attached hydrogens (tertiary/aromatic N) is 2. The van der Waals surface area contributed by atoms with Crippen LogP contribution in [-0.4, -0.2) is 29.5 Å². The Labute approximate surface area is 76.8 Å². The Morgan fingerprint density at radius 1 is 1.85 bits per heavy atom. The topological polar surface area (TPSA) is 62.7 Å². The Bertz CT molecular complexity index is 257. The van der Waals surface area contributed by atoms with Crippen molar-refractivity contribution in [2.24, 2.45) is 0 Å². The van der Waals surface area contributed by atoms with Gasteiger partial charge < -0.3 is 10.3 Å². The molecule has 0 spiro atoms. The van der Waals surface area contributed by atoms with Crippen LogP contribution in [0.25, 0.3) is 5.53 Å². The van der Waals surface area contributed by atoms with Crippen molar-refractivity contribution in [1.29, 1.82) is 0 Å². The first-order valence-corrected chi connectivity index (χ1v) is 4.21. The van der Waals surface area contributed by atoms with E-state index in [0.29, 0.717) is 6.61 Å². The van der Waals surface area contributed by atoms with Crippen LogP contribution in [0.5, 0.6) is 0 Å². The SMILES string of the molecule is C=C1CCC(CC(=O)C=[N+]=[N-])OC1. The lowest BCUT2D eigenvalue weighted by atomic mass is 10.0. The van der Waals surface area contributed by atoms with Crippen LogP contribution in [0.3, 0.4) is 0 Å². The van der Waals surface area contributed by atoms with Crippen LogP contribution in [0.4, 0.5) is 0 Å². The smallest absolute Gasteiger partial charge is 0.323 e. The van der Waals surface area contributed by atoms with Gasteiger partial charge in [0, 0.05) is 6.42 Å². The molecular formula is C9H12N2O2. The van der Waals surface area contributed by atoms with Crippen LogP contribution in [0.1, 0.15) is 19.3 Å². The minimum Gasteiger partial charge on any atom is -0.373 e. The molecule has 1 aliphatic rings. The maximum absolute atomic E-state index is 11.0. The molecule has 0 amide bonds. The highest BCUT2D eigenvalue weighted by molar-refractivity contribution is 6.25. The van der Waals surface area contributed by atoms with E-state index in [4.69, 9.17) is 10.3 Å². The van der Waals surface area contributed by atoms with Gasteiger partial charge in [-0.25, -0.2) is 0 Å². The molecule has 70 valence electrons. The Morgan fingerprint density at radius 3 is 3.15 bits per heavy atom. The zero-order valence-corrected chi connectivity index (χ0v) is 7.40. The van der Waals surface area contributed by atoms with Gasteiger partial charge in [-0.1, -0.05) is 12.2 Å². The molecule has 1 rings (SSSR count). The maximum Gasteiger partial charge on any atom is 0.323 e. The van der Waals surface area contributed by atoms with E-state index in [-0.39, 0.29) is 18.3 Å². The van der Waals surface area contributed by atoms with Crippen LogP contribution < -0.4 is 0 Å². The Balaban J connectivity index is 2.34. The van der Waals surface area contributed by atoms with Crippen molar-refractivity contribution in [3.8, 4) is 0 Å². The van der Waals surface area contributed by atoms with E-state index in [0.717, 1.165) is 24.6 Å². The quantitative estimate of drug-likeness (QED) is 0.281. The first kappa shape index (κ1) is 9.84. The van der Waals surface area contributed by atoms with E-state index in [1.165, 1.54) is 0 Å². The summed E-state index contributed by atoms with van der Waals surface area (Å²) in [5.74, 6) is -0.208. The van der Waals surface area contributed by atoms with Crippen molar-refractivity contribution in [3.05, 3.63) is 17.7 Å². The molecule has 1 heterocycles. The molecule has 13 heavy (non-hydrogen) atoms. The average molecular weight is 180 g/mol. The van der Waals surface area contributed by atoms with Gasteiger partial charge in [-0.3, -0.25) is 4.79 Å². The molecule has 0 N–H and O–H groups in total. The fourth-order valence-corrected chi connectivity index (χ4v) is 1.26. The maximum atomic E-state index is 11.0. The minimum atomic E-state index is -0.208. The minimum absolute atomic E-state index is 0.0454. The summed E-state index contributed by atoms with van der Waals surface area (Å²) >= 11 is 0. The van der Waals surface area contributed by atoms with Gasteiger partial charge in [0.2, 0.25) is 5.78 Å². The van der Waals surface area contributed by atoms with Crippen LogP contribution >= 0.6 is 0 Å². The van der Waals surface area contributed by atoms with Crippen LogP contribution in [0.15, 0.2) is 12.2 Å². The number of carbonyl (C=O) groups is 1. The number of hydrogen-bond donors (Lipinski definition) is 0. The number of Topliss-reactive ketones (excluding diaryl/α,β-unsaturated/α-hetero) is 1. The standard InChI is InChI=1S/C9H12N2O2/c1-7-2-3-9(13-6-7)4-8(12)5-11-10/h5,9H,1-4,6H2. The number of carbonyl (C=O) groups excluding carboxylic acids is 1. The van der Waals surface area contributed by atoms with Crippen molar-refractivity contribution >= 4 is 12.0 Å². The summed E-state index contributed by atoms with van der Waals surface area (Å²) in [5.41, 5.74) is 9.17. The molecule has 1 saturated heterocycles. The summed E-state index contributed by atoms with van der Waals surface area (Å²) in [6.07, 6.45) is 2.89. The molecule has 4 nitrogen and oxygen atoms in total. The van der Waals surface area contributed by atoms with Crippen molar-refractivity contribution < 1.29 is 14.3 Å². The lowest BCUT2D eigenvalue weighted by molar-refractivity contribution is -0.119. The molecule has 1 atom stereocenters. The number of hydrogen-bond acceptors (Lipinski definition) is 2. The van der Waals surface area contributed by atoms with E-state index in [1.807, 2.05) is 0 Å². The second-order valence-corrected chi connectivity index (χ2v) is 3.14. The Morgan fingerprint density at radius 2 is 2.62 bits per heavy atom. The molecule has 4 heteroatoms. The predicted octanol–water partition coefficient (Wildman–Crippen LogP) is 0.981. The summed E-state index contributed by atoms with van der Waals surface area (Å²) in [4.78, 5) is 13.6. The van der Waals surface area contributed by atoms with Gasteiger partial charge in [-0.2, -0.15) is 4.79 Å². The second-order valence-electron chi connectivity index (χ2n) is 3.14. The average Bonchev–Trinajstić information content (AvgIpc) is 2.09. The van der Waals surface area contributed by atoms with Crippen molar-refractivity contribution in [2.45, 2.75) is 25.4 Å². The van der Waals surface area contributed by atoms with Crippen molar-refractivity contribution in [3.63, 3.8) is 0 Å². The highest BCUT2D eigenvalue weighted by atomic mass is 16.5. The molecule has 0 aromatic carbocycles. The van der Waals surface area contributed by atoms with Gasteiger partial charge in [-0.15, -0.1) is 0 Å². The number of rotatable bonds is 3. The number of ketones is 1. The molecule has 1 aliphatic heterocycles. The fourth-order valence-electron chi connectivity index (χ4n) is 1.26. The molecule has 0 aromatic rings. The summed E-state index contributed by atoms with van der Waals surface area (Å²) in [5, 5.41) is 0. The summed E-state index contributed by atoms with van der Waals surface area (Å²) in [6.45, 7) is 4.32. The molecule has 1 fully saturated rings. The van der Waals surface area contributed by atoms with Gasteiger partial charge in [0.15, 0.2) is 0 Å². The zero-order chi connectivity index (χ0) is 9.68. The van der Waals surface area contributed by atoms with E-state index in [2.05, 4.69) is 11.4 Å². The number of ether oxygens (including phenoxy) is 1. The normalized spacial score (nSPS) is 22.2. The monoisotopic (exact) mass is 180 g/mol. The van der Waals surface area contributed by atoms with E-state index in [9.17, 15) is 4.79 Å².